The molecule has 0 fully saturated rings. The summed E-state index contributed by atoms with van der Waals surface area (Å²) in [7, 11) is 0. The summed E-state index contributed by atoms with van der Waals surface area (Å²) in [6, 6.07) is 18.3. The second-order valence-electron chi connectivity index (χ2n) is 5.10. The Balaban J connectivity index is 1.98. The first-order chi connectivity index (χ1) is 9.64. The molecule has 0 amide bonds. The lowest BCUT2D eigenvalue weighted by molar-refractivity contribution is 0.193. The van der Waals surface area contributed by atoms with E-state index in [1.54, 1.807) is 11.8 Å². The smallest absolute Gasteiger partial charge is 0.0653 e. The van der Waals surface area contributed by atoms with Crippen LogP contribution in [0, 0.1) is 6.92 Å². The minimum Gasteiger partial charge on any atom is -0.394 e. The Morgan fingerprint density at radius 1 is 1.10 bits per heavy atom. The monoisotopic (exact) mass is 287 g/mol. The molecule has 1 unspecified atom stereocenters. The van der Waals surface area contributed by atoms with E-state index in [2.05, 4.69) is 31.2 Å². The van der Waals surface area contributed by atoms with Gasteiger partial charge in [-0.05, 0) is 31.0 Å². The summed E-state index contributed by atoms with van der Waals surface area (Å²) in [6.07, 6.45) is 0.742. The normalized spacial score (nSPS) is 13.9. The fourth-order valence-electron chi connectivity index (χ4n) is 2.14. The first kappa shape index (κ1) is 15.1. The van der Waals surface area contributed by atoms with Crippen molar-refractivity contribution in [3.05, 3.63) is 65.7 Å². The maximum Gasteiger partial charge on any atom is 0.0653 e. The van der Waals surface area contributed by atoms with Gasteiger partial charge in [0, 0.05) is 10.6 Å². The Kier molecular flexibility index (Phi) is 5.24. The average molecular weight is 287 g/mol. The summed E-state index contributed by atoms with van der Waals surface area (Å²) in [5.74, 6) is 0.884. The number of hydrogen-bond acceptors (Lipinski definition) is 3. The predicted octanol–water partition coefficient (Wildman–Crippen LogP) is 3.32. The largest absolute Gasteiger partial charge is 0.394 e. The van der Waals surface area contributed by atoms with Gasteiger partial charge in [-0.2, -0.15) is 0 Å². The highest BCUT2D eigenvalue weighted by atomic mass is 32.2. The van der Waals surface area contributed by atoms with Crippen LogP contribution in [-0.4, -0.2) is 17.5 Å². The molecule has 0 spiro atoms. The lowest BCUT2D eigenvalue weighted by Gasteiger charge is -2.27. The number of rotatable bonds is 6. The third kappa shape index (κ3) is 3.85. The van der Waals surface area contributed by atoms with E-state index in [0.717, 1.165) is 17.7 Å². The molecule has 0 saturated carbocycles. The van der Waals surface area contributed by atoms with Crippen molar-refractivity contribution in [2.45, 2.75) is 23.8 Å². The van der Waals surface area contributed by atoms with E-state index in [9.17, 15) is 5.11 Å². The fraction of sp³-hybridized carbons (Fsp3) is 0.294. The zero-order valence-electron chi connectivity index (χ0n) is 11.8. The molecule has 0 aromatic heterocycles. The van der Waals surface area contributed by atoms with E-state index in [-0.39, 0.29) is 6.61 Å². The topological polar surface area (TPSA) is 46.2 Å². The number of benzene rings is 2. The predicted molar refractivity (Wildman–Crippen MR) is 85.9 cm³/mol. The van der Waals surface area contributed by atoms with Crippen LogP contribution in [0.15, 0.2) is 59.5 Å². The molecule has 3 heteroatoms. The summed E-state index contributed by atoms with van der Waals surface area (Å²) in [5.41, 5.74) is 7.95. The van der Waals surface area contributed by atoms with Gasteiger partial charge in [-0.15, -0.1) is 11.8 Å². The lowest BCUT2D eigenvalue weighted by atomic mass is 9.89. The number of aliphatic hydroxyl groups is 1. The van der Waals surface area contributed by atoms with E-state index < -0.39 is 5.54 Å². The molecular formula is C17H21NOS. The first-order valence-electron chi connectivity index (χ1n) is 6.79. The van der Waals surface area contributed by atoms with Gasteiger partial charge in [0.15, 0.2) is 0 Å². The van der Waals surface area contributed by atoms with Gasteiger partial charge in [0.05, 0.1) is 12.1 Å². The van der Waals surface area contributed by atoms with Gasteiger partial charge in [-0.1, -0.05) is 48.0 Å². The van der Waals surface area contributed by atoms with Crippen molar-refractivity contribution in [2.75, 3.05) is 12.4 Å². The SMILES string of the molecule is Cc1cccc(SCCC(N)(CO)c2ccccc2)c1. The molecule has 20 heavy (non-hydrogen) atoms. The molecule has 3 N–H and O–H groups in total. The molecule has 0 bridgehead atoms. The third-order valence-electron chi connectivity index (χ3n) is 3.44. The van der Waals surface area contributed by atoms with Crippen molar-refractivity contribution in [1.82, 2.24) is 0 Å². The summed E-state index contributed by atoms with van der Waals surface area (Å²) < 4.78 is 0. The molecule has 106 valence electrons. The molecule has 1 atom stereocenters. The van der Waals surface area contributed by atoms with Gasteiger partial charge in [0.1, 0.15) is 0 Å². The summed E-state index contributed by atoms with van der Waals surface area (Å²) in [6.45, 7) is 2.06. The average Bonchev–Trinajstić information content (AvgIpc) is 2.48. The van der Waals surface area contributed by atoms with Crippen LogP contribution in [0.5, 0.6) is 0 Å². The van der Waals surface area contributed by atoms with Gasteiger partial charge in [-0.3, -0.25) is 0 Å². The molecule has 0 radical (unpaired) electrons. The van der Waals surface area contributed by atoms with Crippen LogP contribution in [0.2, 0.25) is 0 Å². The Labute approximate surface area is 125 Å². The number of aliphatic hydroxyl groups excluding tert-OH is 1. The summed E-state index contributed by atoms with van der Waals surface area (Å²) in [5, 5.41) is 9.65. The summed E-state index contributed by atoms with van der Waals surface area (Å²) >= 11 is 1.78. The molecule has 0 aliphatic carbocycles. The Hall–Kier alpha value is -1.29. The minimum absolute atomic E-state index is 0.0363. The van der Waals surface area contributed by atoms with Crippen molar-refractivity contribution in [2.24, 2.45) is 5.73 Å². The van der Waals surface area contributed by atoms with Gasteiger partial charge in [0.2, 0.25) is 0 Å². The molecular weight excluding hydrogens is 266 g/mol. The highest BCUT2D eigenvalue weighted by Crippen LogP contribution is 2.27. The summed E-state index contributed by atoms with van der Waals surface area (Å²) in [4.78, 5) is 1.25. The van der Waals surface area contributed by atoms with Crippen molar-refractivity contribution in [3.8, 4) is 0 Å². The zero-order valence-corrected chi connectivity index (χ0v) is 12.6. The van der Waals surface area contributed by atoms with Crippen molar-refractivity contribution in [1.29, 1.82) is 0 Å². The van der Waals surface area contributed by atoms with Crippen LogP contribution in [0.1, 0.15) is 17.5 Å². The molecule has 2 aromatic carbocycles. The number of aryl methyl sites for hydroxylation is 1. The highest BCUT2D eigenvalue weighted by Gasteiger charge is 2.25. The lowest BCUT2D eigenvalue weighted by Crippen LogP contribution is -2.41. The van der Waals surface area contributed by atoms with Crippen LogP contribution in [-0.2, 0) is 5.54 Å². The third-order valence-corrected chi connectivity index (χ3v) is 4.43. The Morgan fingerprint density at radius 3 is 2.50 bits per heavy atom. The van der Waals surface area contributed by atoms with Crippen molar-refractivity contribution < 1.29 is 5.11 Å². The maximum absolute atomic E-state index is 9.65. The maximum atomic E-state index is 9.65. The highest BCUT2D eigenvalue weighted by molar-refractivity contribution is 7.99. The van der Waals surface area contributed by atoms with E-state index in [4.69, 9.17) is 5.73 Å². The van der Waals surface area contributed by atoms with E-state index in [0.29, 0.717) is 0 Å². The van der Waals surface area contributed by atoms with Crippen LogP contribution in [0.25, 0.3) is 0 Å². The van der Waals surface area contributed by atoms with Crippen LogP contribution >= 0.6 is 11.8 Å². The van der Waals surface area contributed by atoms with E-state index in [1.807, 2.05) is 30.3 Å². The molecule has 0 aliphatic heterocycles. The van der Waals surface area contributed by atoms with Crippen LogP contribution in [0.3, 0.4) is 0 Å². The van der Waals surface area contributed by atoms with E-state index in [1.165, 1.54) is 10.5 Å². The molecule has 2 rings (SSSR count). The van der Waals surface area contributed by atoms with Gasteiger partial charge in [-0.25, -0.2) is 0 Å². The molecule has 0 saturated heterocycles. The zero-order chi connectivity index (χ0) is 14.4. The van der Waals surface area contributed by atoms with Crippen molar-refractivity contribution in [3.63, 3.8) is 0 Å². The first-order valence-corrected chi connectivity index (χ1v) is 7.77. The number of hydrogen-bond donors (Lipinski definition) is 2. The Bertz CT molecular complexity index is 544. The Morgan fingerprint density at radius 2 is 1.85 bits per heavy atom. The van der Waals surface area contributed by atoms with E-state index >= 15 is 0 Å². The van der Waals surface area contributed by atoms with Gasteiger partial charge in [0.25, 0.3) is 0 Å². The minimum atomic E-state index is -0.655. The second kappa shape index (κ2) is 6.93. The quantitative estimate of drug-likeness (QED) is 0.801. The van der Waals surface area contributed by atoms with Crippen molar-refractivity contribution >= 4 is 11.8 Å². The van der Waals surface area contributed by atoms with Gasteiger partial charge < -0.3 is 10.8 Å². The van der Waals surface area contributed by atoms with Crippen LogP contribution in [0.4, 0.5) is 0 Å². The fourth-order valence-corrected chi connectivity index (χ4v) is 3.29. The van der Waals surface area contributed by atoms with Gasteiger partial charge >= 0.3 is 0 Å². The second-order valence-corrected chi connectivity index (χ2v) is 6.26. The molecule has 2 nitrogen and oxygen atoms in total. The molecule has 0 heterocycles. The molecule has 0 aliphatic rings. The standard InChI is InChI=1S/C17H21NOS/c1-14-6-5-9-16(12-14)20-11-10-17(18,13-19)15-7-3-2-4-8-15/h2-9,12,19H,10-11,13,18H2,1H3. The number of thioether (sulfide) groups is 1. The van der Waals surface area contributed by atoms with Crippen LogP contribution < -0.4 is 5.73 Å². The molecule has 2 aromatic rings. The number of nitrogens with two attached hydrogens (primary N) is 1.